The number of nitrogen functional groups attached to an aromatic ring is 1. The Morgan fingerprint density at radius 3 is 2.77 bits per heavy atom. The summed E-state index contributed by atoms with van der Waals surface area (Å²) in [6.45, 7) is -1.34. The molecular formula is C19H21F3N6OS. The van der Waals surface area contributed by atoms with Crippen LogP contribution >= 0.6 is 11.8 Å². The van der Waals surface area contributed by atoms with Gasteiger partial charge in [0.05, 0.1) is 12.2 Å². The predicted octanol–water partition coefficient (Wildman–Crippen LogP) is 2.96. The average Bonchev–Trinajstić information content (AvgIpc) is 3.46. The summed E-state index contributed by atoms with van der Waals surface area (Å²) in [5, 5.41) is 0.586. The number of aromatic nitrogens is 3. The molecule has 3 fully saturated rings. The molecule has 3 atom stereocenters. The molecule has 2 N–H and O–H groups in total. The molecule has 3 aliphatic rings. The molecule has 0 saturated carbocycles. The number of nitrogens with zero attached hydrogens (tertiary/aromatic N) is 5. The van der Waals surface area contributed by atoms with Gasteiger partial charge in [0.1, 0.15) is 12.0 Å². The van der Waals surface area contributed by atoms with E-state index in [1.165, 1.54) is 12.3 Å². The highest BCUT2D eigenvalue weighted by atomic mass is 32.2. The molecule has 30 heavy (non-hydrogen) atoms. The van der Waals surface area contributed by atoms with Crippen molar-refractivity contribution in [2.24, 2.45) is 0 Å². The van der Waals surface area contributed by atoms with E-state index in [1.807, 2.05) is 22.7 Å². The van der Waals surface area contributed by atoms with Crippen LogP contribution in [0.5, 0.6) is 5.75 Å². The Morgan fingerprint density at radius 1 is 1.23 bits per heavy atom. The Bertz CT molecular complexity index is 950. The first-order chi connectivity index (χ1) is 14.5. The first-order valence-corrected chi connectivity index (χ1v) is 10.9. The molecule has 2 aromatic heterocycles. The Hall–Kier alpha value is -2.43. The van der Waals surface area contributed by atoms with Gasteiger partial charge >= 0.3 is 6.61 Å². The van der Waals surface area contributed by atoms with Crippen molar-refractivity contribution >= 4 is 29.3 Å². The van der Waals surface area contributed by atoms with Gasteiger partial charge in [-0.05, 0) is 18.9 Å². The van der Waals surface area contributed by atoms with Crippen LogP contribution in [0.15, 0.2) is 18.3 Å². The van der Waals surface area contributed by atoms with Crippen molar-refractivity contribution in [1.82, 2.24) is 15.0 Å². The summed E-state index contributed by atoms with van der Waals surface area (Å²) in [6.07, 6.45) is 2.11. The highest BCUT2D eigenvalue weighted by Crippen LogP contribution is 2.41. The minimum atomic E-state index is -3.01. The van der Waals surface area contributed by atoms with E-state index in [4.69, 9.17) is 10.7 Å². The van der Waals surface area contributed by atoms with Crippen molar-refractivity contribution in [3.8, 4) is 17.0 Å². The molecule has 0 radical (unpaired) electrons. The lowest BCUT2D eigenvalue weighted by Gasteiger charge is -2.29. The topological polar surface area (TPSA) is 80.4 Å². The second-order valence-corrected chi connectivity index (χ2v) is 9.06. The van der Waals surface area contributed by atoms with Gasteiger partial charge in [0.25, 0.3) is 0 Å². The first kappa shape index (κ1) is 19.5. The smallest absolute Gasteiger partial charge is 0.387 e. The monoisotopic (exact) mass is 438 g/mol. The van der Waals surface area contributed by atoms with Crippen LogP contribution < -0.4 is 20.3 Å². The lowest BCUT2D eigenvalue weighted by molar-refractivity contribution is -0.0494. The highest BCUT2D eigenvalue weighted by Gasteiger charge is 2.39. The molecule has 0 aliphatic carbocycles. The number of thioether (sulfide) groups is 1. The van der Waals surface area contributed by atoms with E-state index in [1.54, 1.807) is 0 Å². The molecule has 3 aliphatic heterocycles. The lowest BCUT2D eigenvalue weighted by atomic mass is 10.2. The third-order valence-electron chi connectivity index (χ3n) is 5.70. The zero-order chi connectivity index (χ0) is 20.8. The fraction of sp³-hybridized carbons (Fsp3) is 0.526. The van der Waals surface area contributed by atoms with Gasteiger partial charge in [0, 0.05) is 48.0 Å². The van der Waals surface area contributed by atoms with Crippen molar-refractivity contribution in [3.05, 3.63) is 18.3 Å². The van der Waals surface area contributed by atoms with Crippen molar-refractivity contribution < 1.29 is 17.9 Å². The molecule has 3 saturated heterocycles. The van der Waals surface area contributed by atoms with E-state index < -0.39 is 12.8 Å². The van der Waals surface area contributed by atoms with Gasteiger partial charge in [0.2, 0.25) is 5.95 Å². The van der Waals surface area contributed by atoms with Gasteiger partial charge in [-0.2, -0.15) is 25.5 Å². The van der Waals surface area contributed by atoms with E-state index in [0.717, 1.165) is 24.5 Å². The molecule has 0 aromatic carbocycles. The fourth-order valence-corrected chi connectivity index (χ4v) is 5.66. The summed E-state index contributed by atoms with van der Waals surface area (Å²) in [7, 11) is 0. The largest absolute Gasteiger partial charge is 0.431 e. The fourth-order valence-electron chi connectivity index (χ4n) is 4.22. The average molecular weight is 438 g/mol. The zero-order valence-electron chi connectivity index (χ0n) is 16.0. The SMILES string of the molecule is Nc1ncc(-c2cc(N3C[C@@H]4C[C@H]3CS4)nc(N3CC[C@H](F)C3)n2)cc1OC(F)F. The van der Waals surface area contributed by atoms with Gasteiger partial charge in [-0.15, -0.1) is 0 Å². The summed E-state index contributed by atoms with van der Waals surface area (Å²) < 4.78 is 43.7. The number of fused-ring (bicyclic) bond motifs is 2. The molecule has 2 bridgehead atoms. The lowest BCUT2D eigenvalue weighted by Crippen LogP contribution is -2.35. The molecule has 5 rings (SSSR count). The van der Waals surface area contributed by atoms with Gasteiger partial charge < -0.3 is 20.3 Å². The van der Waals surface area contributed by atoms with Crippen molar-refractivity contribution in [2.45, 2.75) is 36.9 Å². The third kappa shape index (κ3) is 3.70. The zero-order valence-corrected chi connectivity index (χ0v) is 16.9. The Morgan fingerprint density at radius 2 is 2.10 bits per heavy atom. The molecule has 2 aromatic rings. The van der Waals surface area contributed by atoms with E-state index in [0.29, 0.717) is 41.5 Å². The van der Waals surface area contributed by atoms with Crippen molar-refractivity contribution in [2.75, 3.05) is 40.9 Å². The van der Waals surface area contributed by atoms with Crippen LogP contribution in [0.4, 0.5) is 30.8 Å². The number of halogens is 3. The standard InChI is InChI=1S/C19H21F3N6OS/c20-11-1-2-27(7-11)19-25-14(10-3-15(29-18(21)22)17(23)24-6-10)5-16(26-19)28-8-13-4-12(28)9-30-13/h3,5-6,11-13,18H,1-2,4,7-9H2,(H2,23,24)/t11-,12-,13-/m0/s1. The number of pyridine rings is 1. The molecule has 0 spiro atoms. The maximum Gasteiger partial charge on any atom is 0.387 e. The number of hydrogen-bond donors (Lipinski definition) is 1. The Balaban J connectivity index is 1.55. The summed E-state index contributed by atoms with van der Waals surface area (Å²) in [5.74, 6) is 1.92. The van der Waals surface area contributed by atoms with Crippen LogP contribution in [0.2, 0.25) is 0 Å². The van der Waals surface area contributed by atoms with Crippen molar-refractivity contribution in [3.63, 3.8) is 0 Å². The second-order valence-electron chi connectivity index (χ2n) is 7.73. The number of hydrogen-bond acceptors (Lipinski definition) is 8. The van der Waals surface area contributed by atoms with E-state index >= 15 is 0 Å². The minimum absolute atomic E-state index is 0.123. The number of nitrogens with two attached hydrogens (primary N) is 1. The normalized spacial score (nSPS) is 25.5. The van der Waals surface area contributed by atoms with Crippen LogP contribution in [-0.2, 0) is 0 Å². The number of ether oxygens (including phenoxy) is 1. The van der Waals surface area contributed by atoms with Gasteiger partial charge in [0.15, 0.2) is 11.6 Å². The van der Waals surface area contributed by atoms with Crippen LogP contribution in [-0.4, -0.2) is 64.4 Å². The molecule has 0 unspecified atom stereocenters. The molecule has 0 amide bonds. The van der Waals surface area contributed by atoms with Crippen LogP contribution in [0.3, 0.4) is 0 Å². The van der Waals surface area contributed by atoms with E-state index in [2.05, 4.69) is 19.6 Å². The molecule has 7 nitrogen and oxygen atoms in total. The highest BCUT2D eigenvalue weighted by molar-refractivity contribution is 8.00. The van der Waals surface area contributed by atoms with Crippen LogP contribution in [0.1, 0.15) is 12.8 Å². The maximum atomic E-state index is 13.8. The summed E-state index contributed by atoms with van der Waals surface area (Å²) in [5.41, 5.74) is 6.67. The Kier molecular flexibility index (Phi) is 5.00. The molecule has 5 heterocycles. The Labute approximate surface area is 175 Å². The minimum Gasteiger partial charge on any atom is -0.431 e. The van der Waals surface area contributed by atoms with Crippen molar-refractivity contribution in [1.29, 1.82) is 0 Å². The molecular weight excluding hydrogens is 417 g/mol. The molecule has 160 valence electrons. The predicted molar refractivity (Wildman–Crippen MR) is 110 cm³/mol. The van der Waals surface area contributed by atoms with Gasteiger partial charge in [-0.25, -0.2) is 14.4 Å². The summed E-state index contributed by atoms with van der Waals surface area (Å²) in [6, 6.07) is 3.64. The summed E-state index contributed by atoms with van der Waals surface area (Å²) in [4.78, 5) is 17.4. The van der Waals surface area contributed by atoms with Crippen LogP contribution in [0.25, 0.3) is 11.3 Å². The molecule has 11 heteroatoms. The van der Waals surface area contributed by atoms with E-state index in [-0.39, 0.29) is 18.1 Å². The van der Waals surface area contributed by atoms with Crippen LogP contribution in [0, 0.1) is 0 Å². The maximum absolute atomic E-state index is 13.8. The first-order valence-electron chi connectivity index (χ1n) is 9.83. The second kappa shape index (κ2) is 7.68. The van der Waals surface area contributed by atoms with E-state index in [9.17, 15) is 13.2 Å². The summed E-state index contributed by atoms with van der Waals surface area (Å²) >= 11 is 1.97. The van der Waals surface area contributed by atoms with Gasteiger partial charge in [-0.1, -0.05) is 0 Å². The number of anilines is 3. The number of alkyl halides is 3. The number of rotatable bonds is 5. The third-order valence-corrected chi connectivity index (χ3v) is 7.09. The quantitative estimate of drug-likeness (QED) is 0.763. The van der Waals surface area contributed by atoms with Gasteiger partial charge in [-0.3, -0.25) is 0 Å².